The number of furan rings is 2. The van der Waals surface area contributed by atoms with Crippen molar-refractivity contribution in [2.24, 2.45) is 0 Å². The first-order valence-electron chi connectivity index (χ1n) is 19.3. The summed E-state index contributed by atoms with van der Waals surface area (Å²) in [5.41, 5.74) is 5.29. The third kappa shape index (κ3) is 15.8. The van der Waals surface area contributed by atoms with Gasteiger partial charge in [-0.2, -0.15) is 0 Å². The van der Waals surface area contributed by atoms with Crippen molar-refractivity contribution in [1.29, 1.82) is 0 Å². The van der Waals surface area contributed by atoms with Gasteiger partial charge in [0.2, 0.25) is 0 Å². The van der Waals surface area contributed by atoms with Crippen LogP contribution in [0.4, 0.5) is 0 Å². The van der Waals surface area contributed by atoms with Crippen molar-refractivity contribution in [3.63, 3.8) is 0 Å². The van der Waals surface area contributed by atoms with Crippen LogP contribution < -0.4 is 0 Å². The van der Waals surface area contributed by atoms with E-state index in [0.29, 0.717) is 12.8 Å². The Bertz CT molecular complexity index is 1170. The molecule has 0 aromatic carbocycles. The topological polar surface area (TPSA) is 99.1 Å². The Balaban J connectivity index is 1.42. The highest BCUT2D eigenvalue weighted by atomic mass is 16.6. The monoisotopic (exact) mass is 672 g/mol. The minimum absolute atomic E-state index is 0.0906. The molecule has 2 heterocycles. The number of aryl methyl sites for hydroxylation is 4. The lowest BCUT2D eigenvalue weighted by molar-refractivity contribution is -0.161. The highest BCUT2D eigenvalue weighted by Crippen LogP contribution is 2.26. The van der Waals surface area contributed by atoms with Gasteiger partial charge in [-0.25, -0.2) is 0 Å². The molecule has 1 N–H and O–H groups in total. The molecule has 0 spiro atoms. The normalized spacial score (nSPS) is 12.1. The lowest BCUT2D eigenvalue weighted by Gasteiger charge is -2.15. The summed E-state index contributed by atoms with van der Waals surface area (Å²) < 4.78 is 22.8. The van der Waals surface area contributed by atoms with Crippen molar-refractivity contribution >= 4 is 11.9 Å². The Morgan fingerprint density at radius 1 is 0.542 bits per heavy atom. The zero-order valence-corrected chi connectivity index (χ0v) is 31.4. The quantitative estimate of drug-likeness (QED) is 0.0709. The van der Waals surface area contributed by atoms with Crippen LogP contribution in [0.2, 0.25) is 0 Å². The van der Waals surface area contributed by atoms with Crippen LogP contribution in [0.15, 0.2) is 8.83 Å². The number of esters is 2. The van der Waals surface area contributed by atoms with E-state index in [9.17, 15) is 14.7 Å². The molecule has 2 aromatic heterocycles. The Morgan fingerprint density at radius 2 is 0.896 bits per heavy atom. The van der Waals surface area contributed by atoms with Gasteiger partial charge >= 0.3 is 11.9 Å². The highest BCUT2D eigenvalue weighted by molar-refractivity contribution is 5.70. The van der Waals surface area contributed by atoms with Crippen LogP contribution >= 0.6 is 0 Å². The minimum Gasteiger partial charge on any atom is -0.466 e. The lowest BCUT2D eigenvalue weighted by atomic mass is 10.0. The maximum absolute atomic E-state index is 12.2. The predicted octanol–water partition coefficient (Wildman–Crippen LogP) is 10.5. The van der Waals surface area contributed by atoms with E-state index in [0.717, 1.165) is 114 Å². The third-order valence-corrected chi connectivity index (χ3v) is 9.75. The van der Waals surface area contributed by atoms with Gasteiger partial charge in [-0.1, -0.05) is 78.1 Å². The summed E-state index contributed by atoms with van der Waals surface area (Å²) in [7, 11) is 0. The summed E-state index contributed by atoms with van der Waals surface area (Å²) in [6, 6.07) is 0. The van der Waals surface area contributed by atoms with Gasteiger partial charge in [0.25, 0.3) is 0 Å². The van der Waals surface area contributed by atoms with Gasteiger partial charge in [-0.3, -0.25) is 9.59 Å². The van der Waals surface area contributed by atoms with Crippen molar-refractivity contribution < 1.29 is 33.0 Å². The number of hydrogen-bond acceptors (Lipinski definition) is 7. The fourth-order valence-corrected chi connectivity index (χ4v) is 6.35. The van der Waals surface area contributed by atoms with Gasteiger partial charge in [-0.15, -0.1) is 0 Å². The van der Waals surface area contributed by atoms with E-state index in [-0.39, 0.29) is 25.2 Å². The number of ether oxygens (including phenoxy) is 2. The van der Waals surface area contributed by atoms with E-state index < -0.39 is 6.10 Å². The first kappa shape index (κ1) is 41.6. The molecule has 0 aliphatic carbocycles. The van der Waals surface area contributed by atoms with Crippen molar-refractivity contribution in [3.8, 4) is 0 Å². The molecule has 0 saturated carbocycles. The molecule has 2 rings (SSSR count). The standard InChI is InChI=1S/C41H68O7/c1-7-23-36-31(3)33(5)38(47-36)25-19-15-11-9-10-12-17-21-27-40(43)45-30-35(29-42)46-41(44)28-22-18-14-13-16-20-26-39-34(6)32(4)37(48-39)24-8-2/h35,42H,7-30H2,1-6H3/t35-/m0/s1. The van der Waals surface area contributed by atoms with E-state index >= 15 is 0 Å². The van der Waals surface area contributed by atoms with Crippen LogP contribution in [-0.4, -0.2) is 36.4 Å². The molecule has 7 heteroatoms. The smallest absolute Gasteiger partial charge is 0.306 e. The first-order valence-corrected chi connectivity index (χ1v) is 19.3. The van der Waals surface area contributed by atoms with E-state index in [1.165, 1.54) is 60.1 Å². The average Bonchev–Trinajstić information content (AvgIpc) is 3.49. The molecule has 0 saturated heterocycles. The minimum atomic E-state index is -0.799. The molecule has 274 valence electrons. The predicted molar refractivity (Wildman–Crippen MR) is 194 cm³/mol. The van der Waals surface area contributed by atoms with Crippen LogP contribution in [0.3, 0.4) is 0 Å². The van der Waals surface area contributed by atoms with Gasteiger partial charge in [0.1, 0.15) is 29.6 Å². The van der Waals surface area contributed by atoms with Gasteiger partial charge in [0.05, 0.1) is 6.61 Å². The van der Waals surface area contributed by atoms with Gasteiger partial charge < -0.3 is 23.4 Å². The van der Waals surface area contributed by atoms with E-state index in [2.05, 4.69) is 41.5 Å². The molecule has 7 nitrogen and oxygen atoms in total. The SMILES string of the molecule is CCCc1oc(CCCCCCCCCCC(=O)OC[C@H](CO)OC(=O)CCCCCCCCc2oc(CCC)c(C)c2C)c(C)c1C. The largest absolute Gasteiger partial charge is 0.466 e. The Labute approximate surface area is 291 Å². The summed E-state index contributed by atoms with van der Waals surface area (Å²) in [6.07, 6.45) is 21.3. The molecule has 0 aliphatic heterocycles. The van der Waals surface area contributed by atoms with Crippen LogP contribution in [-0.2, 0) is 44.7 Å². The number of aliphatic hydroxyl groups is 1. The van der Waals surface area contributed by atoms with E-state index in [1.54, 1.807) is 0 Å². The number of rotatable bonds is 28. The second-order valence-corrected chi connectivity index (χ2v) is 13.8. The Kier molecular flexibility index (Phi) is 21.3. The highest BCUT2D eigenvalue weighted by Gasteiger charge is 2.17. The number of aliphatic hydroxyl groups excluding tert-OH is 1. The fourth-order valence-electron chi connectivity index (χ4n) is 6.35. The van der Waals surface area contributed by atoms with Crippen molar-refractivity contribution in [2.75, 3.05) is 13.2 Å². The number of unbranched alkanes of at least 4 members (excludes halogenated alkanes) is 12. The average molecular weight is 673 g/mol. The molecule has 0 radical (unpaired) electrons. The van der Waals surface area contributed by atoms with Crippen LogP contribution in [0, 0.1) is 27.7 Å². The number of hydrogen-bond donors (Lipinski definition) is 1. The van der Waals surface area contributed by atoms with Crippen LogP contribution in [0.25, 0.3) is 0 Å². The molecule has 1 atom stereocenters. The zero-order chi connectivity index (χ0) is 35.1. The Morgan fingerprint density at radius 3 is 1.29 bits per heavy atom. The summed E-state index contributed by atoms with van der Waals surface area (Å²) in [6.45, 7) is 12.6. The fraction of sp³-hybridized carbons (Fsp3) is 0.756. The second-order valence-electron chi connectivity index (χ2n) is 13.8. The third-order valence-electron chi connectivity index (χ3n) is 9.75. The van der Waals surface area contributed by atoms with Gasteiger partial charge in [-0.05, 0) is 88.5 Å². The molecule has 48 heavy (non-hydrogen) atoms. The maximum atomic E-state index is 12.2. The molecular formula is C41H68O7. The second kappa shape index (κ2) is 24.6. The summed E-state index contributed by atoms with van der Waals surface area (Å²) in [4.78, 5) is 24.4. The van der Waals surface area contributed by atoms with Gasteiger partial charge in [0.15, 0.2) is 6.10 Å². The summed E-state index contributed by atoms with van der Waals surface area (Å²) in [5, 5.41) is 9.59. The molecular weight excluding hydrogens is 604 g/mol. The van der Waals surface area contributed by atoms with Crippen LogP contribution in [0.5, 0.6) is 0 Å². The summed E-state index contributed by atoms with van der Waals surface area (Å²) in [5.74, 6) is 3.98. The maximum Gasteiger partial charge on any atom is 0.306 e. The molecule has 0 aliphatic rings. The van der Waals surface area contributed by atoms with Crippen molar-refractivity contribution in [1.82, 2.24) is 0 Å². The van der Waals surface area contributed by atoms with Crippen LogP contribution in [0.1, 0.15) is 175 Å². The van der Waals surface area contributed by atoms with E-state index in [4.69, 9.17) is 18.3 Å². The van der Waals surface area contributed by atoms with E-state index in [1.807, 2.05) is 0 Å². The van der Waals surface area contributed by atoms with Crippen molar-refractivity contribution in [3.05, 3.63) is 45.3 Å². The molecule has 0 unspecified atom stereocenters. The Hall–Kier alpha value is -2.54. The molecule has 0 fully saturated rings. The number of carbonyl (C=O) groups excluding carboxylic acids is 2. The lowest BCUT2D eigenvalue weighted by Crippen LogP contribution is -2.28. The number of carbonyl (C=O) groups is 2. The zero-order valence-electron chi connectivity index (χ0n) is 31.4. The van der Waals surface area contributed by atoms with Gasteiger partial charge in [0, 0.05) is 38.5 Å². The molecule has 0 amide bonds. The molecule has 0 bridgehead atoms. The van der Waals surface area contributed by atoms with Crippen molar-refractivity contribution in [2.45, 2.75) is 189 Å². The molecule has 2 aromatic rings. The summed E-state index contributed by atoms with van der Waals surface area (Å²) >= 11 is 0. The first-order chi connectivity index (χ1) is 23.2.